The molecule has 116 valence electrons. The molecule has 0 aliphatic heterocycles. The molecular formula is C15H28N2O3. The van der Waals surface area contributed by atoms with E-state index in [9.17, 15) is 9.59 Å². The lowest BCUT2D eigenvalue weighted by Crippen LogP contribution is -2.59. The summed E-state index contributed by atoms with van der Waals surface area (Å²) in [6.45, 7) is 6.51. The molecule has 1 amide bonds. The summed E-state index contributed by atoms with van der Waals surface area (Å²) in [6, 6.07) is 0.0500. The van der Waals surface area contributed by atoms with Crippen molar-refractivity contribution in [1.82, 2.24) is 4.90 Å². The van der Waals surface area contributed by atoms with E-state index in [-0.39, 0.29) is 18.4 Å². The van der Waals surface area contributed by atoms with Gasteiger partial charge in [0.1, 0.15) is 0 Å². The molecule has 0 heterocycles. The molecule has 1 aliphatic carbocycles. The van der Waals surface area contributed by atoms with Crippen molar-refractivity contribution in [3.8, 4) is 0 Å². The predicted octanol–water partition coefficient (Wildman–Crippen LogP) is 2.00. The van der Waals surface area contributed by atoms with Gasteiger partial charge in [0.2, 0.25) is 5.91 Å². The Morgan fingerprint density at radius 2 is 2.10 bits per heavy atom. The van der Waals surface area contributed by atoms with Crippen molar-refractivity contribution in [3.63, 3.8) is 0 Å². The first-order valence-corrected chi connectivity index (χ1v) is 7.58. The zero-order valence-electron chi connectivity index (χ0n) is 12.9. The van der Waals surface area contributed by atoms with Gasteiger partial charge < -0.3 is 15.7 Å². The van der Waals surface area contributed by atoms with E-state index in [1.807, 2.05) is 13.8 Å². The van der Waals surface area contributed by atoms with Crippen LogP contribution in [0.5, 0.6) is 0 Å². The van der Waals surface area contributed by atoms with E-state index in [1.54, 1.807) is 4.90 Å². The molecule has 5 nitrogen and oxygen atoms in total. The molecule has 0 radical (unpaired) electrons. The summed E-state index contributed by atoms with van der Waals surface area (Å²) in [5, 5.41) is 8.71. The van der Waals surface area contributed by atoms with Crippen LogP contribution in [0.25, 0.3) is 0 Å². The Morgan fingerprint density at radius 3 is 2.60 bits per heavy atom. The molecule has 2 atom stereocenters. The zero-order chi connectivity index (χ0) is 15.3. The van der Waals surface area contributed by atoms with E-state index >= 15 is 0 Å². The van der Waals surface area contributed by atoms with E-state index in [2.05, 4.69) is 6.92 Å². The minimum atomic E-state index is -0.824. The molecule has 2 unspecified atom stereocenters. The zero-order valence-corrected chi connectivity index (χ0v) is 12.9. The van der Waals surface area contributed by atoms with E-state index in [0.717, 1.165) is 25.7 Å². The smallest absolute Gasteiger partial charge is 0.303 e. The average Bonchev–Trinajstić information content (AvgIpc) is 2.32. The highest BCUT2D eigenvalue weighted by Crippen LogP contribution is 2.32. The molecule has 1 fully saturated rings. The Labute approximate surface area is 121 Å². The van der Waals surface area contributed by atoms with Crippen LogP contribution >= 0.6 is 0 Å². The van der Waals surface area contributed by atoms with E-state index in [0.29, 0.717) is 18.9 Å². The standard InChI is InChI=1S/C15H28N2O3/c1-11(2)17(9-5-7-13(18)19)14(20)15(16)8-4-6-12(3)10-15/h11-12H,4-10,16H2,1-3H3,(H,18,19). The molecule has 20 heavy (non-hydrogen) atoms. The molecule has 3 N–H and O–H groups in total. The summed E-state index contributed by atoms with van der Waals surface area (Å²) in [6.07, 6.45) is 4.15. The highest BCUT2D eigenvalue weighted by molar-refractivity contribution is 5.86. The first-order chi connectivity index (χ1) is 9.26. The number of hydrogen-bond acceptors (Lipinski definition) is 3. The van der Waals surface area contributed by atoms with Gasteiger partial charge in [0.05, 0.1) is 5.54 Å². The maximum Gasteiger partial charge on any atom is 0.303 e. The number of carbonyl (C=O) groups excluding carboxylic acids is 1. The molecule has 0 aromatic rings. The average molecular weight is 284 g/mol. The molecule has 0 aromatic carbocycles. The maximum absolute atomic E-state index is 12.7. The fourth-order valence-electron chi connectivity index (χ4n) is 3.07. The van der Waals surface area contributed by atoms with Gasteiger partial charge >= 0.3 is 5.97 Å². The third-order valence-corrected chi connectivity index (χ3v) is 4.13. The summed E-state index contributed by atoms with van der Waals surface area (Å²) >= 11 is 0. The largest absolute Gasteiger partial charge is 0.481 e. The van der Waals surface area contributed by atoms with Gasteiger partial charge in [-0.05, 0) is 39.0 Å². The number of carboxylic acids is 1. The molecule has 0 bridgehead atoms. The number of carbonyl (C=O) groups is 2. The van der Waals surface area contributed by atoms with Crippen molar-refractivity contribution in [2.75, 3.05) is 6.54 Å². The van der Waals surface area contributed by atoms with Crippen molar-refractivity contribution in [2.24, 2.45) is 11.7 Å². The lowest BCUT2D eigenvalue weighted by atomic mass is 9.76. The fourth-order valence-corrected chi connectivity index (χ4v) is 3.07. The first-order valence-electron chi connectivity index (χ1n) is 7.58. The molecule has 0 saturated heterocycles. The van der Waals surface area contributed by atoms with Crippen LogP contribution in [-0.4, -0.2) is 40.0 Å². The maximum atomic E-state index is 12.7. The van der Waals surface area contributed by atoms with Crippen LogP contribution in [-0.2, 0) is 9.59 Å². The van der Waals surface area contributed by atoms with Crippen LogP contribution in [0.4, 0.5) is 0 Å². The van der Waals surface area contributed by atoms with Gasteiger partial charge in [-0.25, -0.2) is 0 Å². The van der Waals surface area contributed by atoms with Crippen LogP contribution in [0.3, 0.4) is 0 Å². The van der Waals surface area contributed by atoms with E-state index in [4.69, 9.17) is 10.8 Å². The highest BCUT2D eigenvalue weighted by Gasteiger charge is 2.41. The third kappa shape index (κ3) is 4.47. The van der Waals surface area contributed by atoms with Crippen molar-refractivity contribution in [2.45, 2.75) is 70.9 Å². The fraction of sp³-hybridized carbons (Fsp3) is 0.867. The van der Waals surface area contributed by atoms with Gasteiger partial charge in [-0.15, -0.1) is 0 Å². The van der Waals surface area contributed by atoms with Crippen molar-refractivity contribution in [3.05, 3.63) is 0 Å². The predicted molar refractivity (Wildman–Crippen MR) is 78.3 cm³/mol. The number of hydrogen-bond donors (Lipinski definition) is 2. The normalized spacial score (nSPS) is 26.6. The lowest BCUT2D eigenvalue weighted by molar-refractivity contribution is -0.142. The number of nitrogens with two attached hydrogens (primary N) is 1. The van der Waals surface area contributed by atoms with Crippen molar-refractivity contribution < 1.29 is 14.7 Å². The molecule has 0 spiro atoms. The summed E-state index contributed by atoms with van der Waals surface area (Å²) in [5.41, 5.74) is 5.60. The summed E-state index contributed by atoms with van der Waals surface area (Å²) in [7, 11) is 0. The van der Waals surface area contributed by atoms with Crippen molar-refractivity contribution in [1.29, 1.82) is 0 Å². The minimum absolute atomic E-state index is 0.00978. The Kier molecular flexibility index (Phi) is 5.99. The van der Waals surface area contributed by atoms with E-state index < -0.39 is 11.5 Å². The lowest BCUT2D eigenvalue weighted by Gasteiger charge is -2.40. The Morgan fingerprint density at radius 1 is 1.45 bits per heavy atom. The molecular weight excluding hydrogens is 256 g/mol. The van der Waals surface area contributed by atoms with Gasteiger partial charge in [-0.2, -0.15) is 0 Å². The number of amides is 1. The molecule has 0 aromatic heterocycles. The molecule has 1 aliphatic rings. The summed E-state index contributed by atoms with van der Waals surface area (Å²) in [4.78, 5) is 25.1. The van der Waals surface area contributed by atoms with Gasteiger partial charge in [-0.3, -0.25) is 9.59 Å². The van der Waals surface area contributed by atoms with Crippen LogP contribution < -0.4 is 5.73 Å². The van der Waals surface area contributed by atoms with Crippen LogP contribution in [0.2, 0.25) is 0 Å². The van der Waals surface area contributed by atoms with Gasteiger partial charge in [-0.1, -0.05) is 19.8 Å². The van der Waals surface area contributed by atoms with Crippen LogP contribution in [0, 0.1) is 5.92 Å². The Balaban J connectivity index is 2.69. The summed E-state index contributed by atoms with van der Waals surface area (Å²) < 4.78 is 0. The number of rotatable bonds is 6. The highest BCUT2D eigenvalue weighted by atomic mass is 16.4. The number of aliphatic carboxylic acids is 1. The van der Waals surface area contributed by atoms with Crippen LogP contribution in [0.15, 0.2) is 0 Å². The van der Waals surface area contributed by atoms with Crippen molar-refractivity contribution >= 4 is 11.9 Å². The second-order valence-electron chi connectivity index (χ2n) is 6.45. The van der Waals surface area contributed by atoms with Gasteiger partial charge in [0.25, 0.3) is 0 Å². The van der Waals surface area contributed by atoms with Gasteiger partial charge in [0, 0.05) is 19.0 Å². The second kappa shape index (κ2) is 7.07. The quantitative estimate of drug-likeness (QED) is 0.781. The Bertz CT molecular complexity index is 357. The third-order valence-electron chi connectivity index (χ3n) is 4.13. The monoisotopic (exact) mass is 284 g/mol. The minimum Gasteiger partial charge on any atom is -0.481 e. The topological polar surface area (TPSA) is 83.6 Å². The number of carboxylic acid groups (broad SMARTS) is 1. The van der Waals surface area contributed by atoms with Crippen LogP contribution in [0.1, 0.15) is 59.3 Å². The Hall–Kier alpha value is -1.10. The first kappa shape index (κ1) is 17.0. The van der Waals surface area contributed by atoms with E-state index in [1.165, 1.54) is 0 Å². The SMILES string of the molecule is CC1CCCC(N)(C(=O)N(CCCC(=O)O)C(C)C)C1. The second-order valence-corrected chi connectivity index (χ2v) is 6.45. The number of nitrogens with zero attached hydrogens (tertiary/aromatic N) is 1. The molecule has 1 saturated carbocycles. The summed E-state index contributed by atoms with van der Waals surface area (Å²) in [5.74, 6) is -0.356. The van der Waals surface area contributed by atoms with Gasteiger partial charge in [0.15, 0.2) is 0 Å². The molecule has 1 rings (SSSR count). The molecule has 5 heteroatoms.